The van der Waals surface area contributed by atoms with Gasteiger partial charge in [-0.25, -0.2) is 0 Å². The van der Waals surface area contributed by atoms with Crippen LogP contribution in [-0.4, -0.2) is 38.1 Å². The molecule has 0 unspecified atom stereocenters. The molecule has 25 heavy (non-hydrogen) atoms. The number of tetrazole rings is 1. The lowest BCUT2D eigenvalue weighted by Gasteiger charge is -2.14. The summed E-state index contributed by atoms with van der Waals surface area (Å²) in [6.45, 7) is 0.842. The van der Waals surface area contributed by atoms with Gasteiger partial charge in [0.15, 0.2) is 5.82 Å². The van der Waals surface area contributed by atoms with Crippen LogP contribution in [0.3, 0.4) is 0 Å². The van der Waals surface area contributed by atoms with Gasteiger partial charge in [-0.1, -0.05) is 60.7 Å². The van der Waals surface area contributed by atoms with E-state index < -0.39 is 0 Å². The number of carbonyl (C=O) groups excluding carboxylic acids is 1. The van der Waals surface area contributed by atoms with Gasteiger partial charge in [0.05, 0.1) is 13.1 Å². The third kappa shape index (κ3) is 4.60. The Morgan fingerprint density at radius 2 is 1.76 bits per heavy atom. The van der Waals surface area contributed by atoms with E-state index in [4.69, 9.17) is 0 Å². The standard InChI is InChI=1S/C19H19N5O/c1-23(19(25)17-12-6-3-7-13-17)15-18-20-22-24(21-18)14-8-11-16-9-4-2-5-10-16/h2-13H,14-15H2,1H3/b11-8+. The molecule has 2 aromatic carbocycles. The largest absolute Gasteiger partial charge is 0.334 e. The Hall–Kier alpha value is -3.28. The van der Waals surface area contributed by atoms with Crippen molar-refractivity contribution in [1.82, 2.24) is 25.1 Å². The van der Waals surface area contributed by atoms with Crippen molar-refractivity contribution < 1.29 is 4.79 Å². The average Bonchev–Trinajstić information content (AvgIpc) is 3.10. The Balaban J connectivity index is 1.56. The van der Waals surface area contributed by atoms with Gasteiger partial charge in [-0.05, 0) is 22.9 Å². The number of benzene rings is 2. The van der Waals surface area contributed by atoms with Crippen molar-refractivity contribution in [2.75, 3.05) is 7.05 Å². The molecule has 0 saturated heterocycles. The molecule has 126 valence electrons. The predicted molar refractivity (Wildman–Crippen MR) is 95.5 cm³/mol. The van der Waals surface area contributed by atoms with Crippen LogP contribution in [0.4, 0.5) is 0 Å². The quantitative estimate of drug-likeness (QED) is 0.696. The summed E-state index contributed by atoms with van der Waals surface area (Å²) >= 11 is 0. The molecule has 0 aliphatic rings. The maximum absolute atomic E-state index is 12.3. The highest BCUT2D eigenvalue weighted by Crippen LogP contribution is 2.05. The van der Waals surface area contributed by atoms with Gasteiger partial charge in [0.2, 0.25) is 0 Å². The number of hydrogen-bond donors (Lipinski definition) is 0. The zero-order valence-electron chi connectivity index (χ0n) is 14.0. The van der Waals surface area contributed by atoms with E-state index in [9.17, 15) is 4.79 Å². The molecule has 1 amide bonds. The summed E-state index contributed by atoms with van der Waals surface area (Å²) in [7, 11) is 1.73. The summed E-state index contributed by atoms with van der Waals surface area (Å²) in [5.74, 6) is 0.445. The molecule has 0 spiro atoms. The first-order valence-corrected chi connectivity index (χ1v) is 8.01. The van der Waals surface area contributed by atoms with Gasteiger partial charge in [-0.15, -0.1) is 10.2 Å². The highest BCUT2D eigenvalue weighted by molar-refractivity contribution is 5.93. The third-order valence-electron chi connectivity index (χ3n) is 3.62. The van der Waals surface area contributed by atoms with Crippen molar-refractivity contribution in [2.24, 2.45) is 0 Å². The fourth-order valence-electron chi connectivity index (χ4n) is 2.35. The second kappa shape index (κ2) is 8.01. The number of hydrogen-bond acceptors (Lipinski definition) is 4. The van der Waals surface area contributed by atoms with Gasteiger partial charge < -0.3 is 4.90 Å². The number of carbonyl (C=O) groups is 1. The minimum absolute atomic E-state index is 0.0686. The van der Waals surface area contributed by atoms with Crippen LogP contribution in [0, 0.1) is 0 Å². The Kier molecular flexibility index (Phi) is 5.31. The highest BCUT2D eigenvalue weighted by atomic mass is 16.2. The normalized spacial score (nSPS) is 10.9. The van der Waals surface area contributed by atoms with Gasteiger partial charge >= 0.3 is 0 Å². The molecule has 3 rings (SSSR count). The van der Waals surface area contributed by atoms with Crippen LogP contribution in [0.1, 0.15) is 21.7 Å². The molecule has 0 N–H and O–H groups in total. The van der Waals surface area contributed by atoms with Gasteiger partial charge in [0.25, 0.3) is 5.91 Å². The second-order valence-corrected chi connectivity index (χ2v) is 5.60. The van der Waals surface area contributed by atoms with Crippen LogP contribution in [0.25, 0.3) is 6.08 Å². The molecule has 3 aromatic rings. The maximum Gasteiger partial charge on any atom is 0.254 e. The fraction of sp³-hybridized carbons (Fsp3) is 0.158. The number of allylic oxidation sites excluding steroid dienone is 1. The zero-order chi connectivity index (χ0) is 17.5. The van der Waals surface area contributed by atoms with Crippen molar-refractivity contribution in [1.29, 1.82) is 0 Å². The lowest BCUT2D eigenvalue weighted by molar-refractivity contribution is 0.0781. The van der Waals surface area contributed by atoms with Crippen LogP contribution in [-0.2, 0) is 13.1 Å². The number of amides is 1. The smallest absolute Gasteiger partial charge is 0.254 e. The van der Waals surface area contributed by atoms with Gasteiger partial charge in [-0.2, -0.15) is 4.80 Å². The van der Waals surface area contributed by atoms with E-state index in [1.165, 1.54) is 4.80 Å². The van der Waals surface area contributed by atoms with Crippen LogP contribution in [0.2, 0.25) is 0 Å². The van der Waals surface area contributed by atoms with Crippen molar-refractivity contribution in [3.05, 3.63) is 83.7 Å². The van der Waals surface area contributed by atoms with Crippen molar-refractivity contribution >= 4 is 12.0 Å². The maximum atomic E-state index is 12.3. The summed E-state index contributed by atoms with van der Waals surface area (Å²) in [6.07, 6.45) is 3.98. The van der Waals surface area contributed by atoms with Crippen molar-refractivity contribution in [3.8, 4) is 0 Å². The van der Waals surface area contributed by atoms with E-state index in [0.29, 0.717) is 24.5 Å². The lowest BCUT2D eigenvalue weighted by atomic mass is 10.2. The summed E-state index contributed by atoms with van der Waals surface area (Å²) in [5.41, 5.74) is 1.76. The Morgan fingerprint density at radius 1 is 1.08 bits per heavy atom. The fourth-order valence-corrected chi connectivity index (χ4v) is 2.35. The molecule has 6 nitrogen and oxygen atoms in total. The monoisotopic (exact) mass is 333 g/mol. The van der Waals surface area contributed by atoms with Crippen LogP contribution < -0.4 is 0 Å². The molecule has 0 atom stereocenters. The Morgan fingerprint density at radius 3 is 2.48 bits per heavy atom. The van der Waals surface area contributed by atoms with E-state index in [1.807, 2.05) is 60.7 Å². The molecule has 0 bridgehead atoms. The predicted octanol–water partition coefficient (Wildman–Crippen LogP) is 2.66. The molecule has 0 saturated carbocycles. The first-order chi connectivity index (χ1) is 12.2. The summed E-state index contributed by atoms with van der Waals surface area (Å²) < 4.78 is 0. The van der Waals surface area contributed by atoms with Crippen LogP contribution in [0.15, 0.2) is 66.7 Å². The van der Waals surface area contributed by atoms with Crippen molar-refractivity contribution in [3.63, 3.8) is 0 Å². The molecular weight excluding hydrogens is 314 g/mol. The van der Waals surface area contributed by atoms with E-state index in [1.54, 1.807) is 24.1 Å². The van der Waals surface area contributed by atoms with Gasteiger partial charge in [0.1, 0.15) is 0 Å². The molecule has 0 radical (unpaired) electrons. The van der Waals surface area contributed by atoms with Gasteiger partial charge in [-0.3, -0.25) is 4.79 Å². The Labute approximate surface area is 146 Å². The van der Waals surface area contributed by atoms with Gasteiger partial charge in [0, 0.05) is 12.6 Å². The zero-order valence-corrected chi connectivity index (χ0v) is 14.0. The molecule has 0 aliphatic carbocycles. The molecule has 1 heterocycles. The minimum Gasteiger partial charge on any atom is -0.334 e. The Bertz CT molecular complexity index is 843. The van der Waals surface area contributed by atoms with E-state index in [0.717, 1.165) is 5.56 Å². The number of aromatic nitrogens is 4. The second-order valence-electron chi connectivity index (χ2n) is 5.60. The minimum atomic E-state index is -0.0686. The topological polar surface area (TPSA) is 63.9 Å². The third-order valence-corrected chi connectivity index (χ3v) is 3.62. The number of nitrogens with zero attached hydrogens (tertiary/aromatic N) is 5. The molecule has 6 heteroatoms. The lowest BCUT2D eigenvalue weighted by Crippen LogP contribution is -2.26. The van der Waals surface area contributed by atoms with Crippen LogP contribution in [0.5, 0.6) is 0 Å². The molecule has 0 aliphatic heterocycles. The first-order valence-electron chi connectivity index (χ1n) is 8.01. The molecule has 1 aromatic heterocycles. The van der Waals surface area contributed by atoms with Crippen molar-refractivity contribution in [2.45, 2.75) is 13.1 Å². The summed E-state index contributed by atoms with van der Waals surface area (Å²) in [6, 6.07) is 19.2. The highest BCUT2D eigenvalue weighted by Gasteiger charge is 2.13. The SMILES string of the molecule is CN(Cc1nnn(C/C=C/c2ccccc2)n1)C(=O)c1ccccc1. The van der Waals surface area contributed by atoms with Crippen LogP contribution >= 0.6 is 0 Å². The number of rotatable bonds is 6. The first kappa shape index (κ1) is 16.6. The molecular formula is C19H19N5O. The molecule has 0 fully saturated rings. The summed E-state index contributed by atoms with van der Waals surface area (Å²) in [5, 5.41) is 12.3. The van der Waals surface area contributed by atoms with E-state index in [-0.39, 0.29) is 5.91 Å². The summed E-state index contributed by atoms with van der Waals surface area (Å²) in [4.78, 5) is 15.4. The van der Waals surface area contributed by atoms with E-state index in [2.05, 4.69) is 15.4 Å². The van der Waals surface area contributed by atoms with E-state index >= 15 is 0 Å². The average molecular weight is 333 g/mol.